The second-order valence-electron chi connectivity index (χ2n) is 3.40. The second-order valence-corrected chi connectivity index (χ2v) is 3.40. The topological polar surface area (TPSA) is 66.8 Å². The molecular weight excluding hydrogens is 148 g/mol. The number of carboxylic acid groups (broad SMARTS) is 1. The van der Waals surface area contributed by atoms with Crippen LogP contribution in [0.15, 0.2) is 0 Å². The molecule has 1 atom stereocenters. The van der Waals surface area contributed by atoms with Crippen LogP contribution >= 0.6 is 0 Å². The van der Waals surface area contributed by atoms with E-state index in [0.29, 0.717) is 0 Å². The first-order chi connectivity index (χ1) is 4.75. The summed E-state index contributed by atoms with van der Waals surface area (Å²) in [7, 11) is 1.17. The predicted octanol–water partition coefficient (Wildman–Crippen LogP) is 0.452. The van der Waals surface area contributed by atoms with Crippen molar-refractivity contribution in [2.45, 2.75) is 26.6 Å². The molecule has 4 heteroatoms. The quantitative estimate of drug-likeness (QED) is 0.578. The molecule has 0 aromatic carbocycles. The summed E-state index contributed by atoms with van der Waals surface area (Å²) in [6.07, 6.45) is 0. The molecule has 0 aromatic rings. The Kier molecular flexibility index (Phi) is 2.64. The lowest BCUT2D eigenvalue weighted by molar-refractivity contribution is -0.250. The largest absolute Gasteiger partial charge is 0.477 e. The number of ether oxygens (including phenoxy) is 1. The number of aliphatic hydroxyl groups is 1. The van der Waals surface area contributed by atoms with Gasteiger partial charge >= 0.3 is 5.97 Å². The van der Waals surface area contributed by atoms with Crippen LogP contribution in [0.3, 0.4) is 0 Å². The minimum atomic E-state index is -2.10. The molecule has 0 radical (unpaired) electrons. The van der Waals surface area contributed by atoms with Gasteiger partial charge in [0.25, 0.3) is 5.79 Å². The molecule has 0 heterocycles. The van der Waals surface area contributed by atoms with E-state index < -0.39 is 17.2 Å². The highest BCUT2D eigenvalue weighted by molar-refractivity contribution is 5.76. The maximum absolute atomic E-state index is 10.5. The highest BCUT2D eigenvalue weighted by Crippen LogP contribution is 2.30. The average molecular weight is 162 g/mol. The molecule has 2 N–H and O–H groups in total. The molecule has 0 saturated carbocycles. The van der Waals surface area contributed by atoms with Gasteiger partial charge in [0.2, 0.25) is 0 Å². The Labute approximate surface area is 65.8 Å². The van der Waals surface area contributed by atoms with E-state index in [1.54, 1.807) is 20.8 Å². The third-order valence-corrected chi connectivity index (χ3v) is 1.60. The van der Waals surface area contributed by atoms with E-state index in [9.17, 15) is 9.90 Å². The molecule has 11 heavy (non-hydrogen) atoms. The van der Waals surface area contributed by atoms with Crippen LogP contribution in [0.4, 0.5) is 0 Å². The first-order valence-electron chi connectivity index (χ1n) is 3.26. The molecule has 0 bridgehead atoms. The SMILES string of the molecule is COC(O)(C(=O)O)C(C)(C)C. The summed E-state index contributed by atoms with van der Waals surface area (Å²) in [5.41, 5.74) is -0.840. The fourth-order valence-corrected chi connectivity index (χ4v) is 0.714. The van der Waals surface area contributed by atoms with Crippen molar-refractivity contribution in [3.8, 4) is 0 Å². The van der Waals surface area contributed by atoms with Gasteiger partial charge < -0.3 is 14.9 Å². The third kappa shape index (κ3) is 1.70. The third-order valence-electron chi connectivity index (χ3n) is 1.60. The molecule has 0 saturated heterocycles. The minimum Gasteiger partial charge on any atom is -0.477 e. The van der Waals surface area contributed by atoms with Crippen LogP contribution in [0.5, 0.6) is 0 Å². The Morgan fingerprint density at radius 3 is 1.73 bits per heavy atom. The molecule has 0 rings (SSSR count). The Balaban J connectivity index is 4.75. The van der Waals surface area contributed by atoms with Gasteiger partial charge in [-0.05, 0) is 0 Å². The van der Waals surface area contributed by atoms with Crippen molar-refractivity contribution in [3.05, 3.63) is 0 Å². The van der Waals surface area contributed by atoms with Crippen LogP contribution in [0.25, 0.3) is 0 Å². The molecule has 0 amide bonds. The Morgan fingerprint density at radius 1 is 1.36 bits per heavy atom. The van der Waals surface area contributed by atoms with Gasteiger partial charge in [-0.2, -0.15) is 0 Å². The normalized spacial score (nSPS) is 17.5. The van der Waals surface area contributed by atoms with Crippen LogP contribution in [0.1, 0.15) is 20.8 Å². The van der Waals surface area contributed by atoms with Crippen molar-refractivity contribution in [1.82, 2.24) is 0 Å². The Hall–Kier alpha value is -0.610. The summed E-state index contributed by atoms with van der Waals surface area (Å²) in [6.45, 7) is 4.76. The summed E-state index contributed by atoms with van der Waals surface area (Å²) >= 11 is 0. The van der Waals surface area contributed by atoms with Crippen LogP contribution in [0, 0.1) is 5.41 Å². The van der Waals surface area contributed by atoms with Crippen molar-refractivity contribution in [3.63, 3.8) is 0 Å². The number of carbonyl (C=O) groups is 1. The molecule has 1 unspecified atom stereocenters. The van der Waals surface area contributed by atoms with Gasteiger partial charge in [0.15, 0.2) is 0 Å². The van der Waals surface area contributed by atoms with Gasteiger partial charge in [-0.1, -0.05) is 20.8 Å². The van der Waals surface area contributed by atoms with Crippen molar-refractivity contribution >= 4 is 5.97 Å². The van der Waals surface area contributed by atoms with Crippen LogP contribution in [0.2, 0.25) is 0 Å². The summed E-state index contributed by atoms with van der Waals surface area (Å²) in [6, 6.07) is 0. The van der Waals surface area contributed by atoms with Crippen LogP contribution < -0.4 is 0 Å². The Bertz CT molecular complexity index is 158. The first-order valence-corrected chi connectivity index (χ1v) is 3.26. The summed E-state index contributed by atoms with van der Waals surface area (Å²) < 4.78 is 4.52. The highest BCUT2D eigenvalue weighted by Gasteiger charge is 2.47. The van der Waals surface area contributed by atoms with Crippen LogP contribution in [-0.2, 0) is 9.53 Å². The maximum Gasteiger partial charge on any atom is 0.364 e. The van der Waals surface area contributed by atoms with Gasteiger partial charge in [0.05, 0.1) is 0 Å². The lowest BCUT2D eigenvalue weighted by Crippen LogP contribution is -2.51. The lowest BCUT2D eigenvalue weighted by atomic mass is 9.85. The van der Waals surface area contributed by atoms with E-state index in [0.717, 1.165) is 0 Å². The van der Waals surface area contributed by atoms with Crippen molar-refractivity contribution in [2.75, 3.05) is 7.11 Å². The van der Waals surface area contributed by atoms with E-state index >= 15 is 0 Å². The van der Waals surface area contributed by atoms with E-state index in [1.807, 2.05) is 0 Å². The summed E-state index contributed by atoms with van der Waals surface area (Å²) in [5, 5.41) is 18.0. The van der Waals surface area contributed by atoms with E-state index in [1.165, 1.54) is 7.11 Å². The highest BCUT2D eigenvalue weighted by atomic mass is 16.6. The molecule has 66 valence electrons. The van der Waals surface area contributed by atoms with Gasteiger partial charge in [-0.15, -0.1) is 0 Å². The van der Waals surface area contributed by atoms with Crippen molar-refractivity contribution in [1.29, 1.82) is 0 Å². The minimum absolute atomic E-state index is 0.840. The van der Waals surface area contributed by atoms with Gasteiger partial charge in [0, 0.05) is 12.5 Å². The van der Waals surface area contributed by atoms with E-state index in [2.05, 4.69) is 4.74 Å². The monoisotopic (exact) mass is 162 g/mol. The van der Waals surface area contributed by atoms with Gasteiger partial charge in [-0.3, -0.25) is 0 Å². The molecule has 0 fully saturated rings. The van der Waals surface area contributed by atoms with Gasteiger partial charge in [0.1, 0.15) is 0 Å². The standard InChI is InChI=1S/C7H14O4/c1-6(2,3)7(10,11-4)5(8)9/h10H,1-4H3,(H,8,9). The number of aliphatic carboxylic acids is 1. The number of hydrogen-bond donors (Lipinski definition) is 2. The fourth-order valence-electron chi connectivity index (χ4n) is 0.714. The molecular formula is C7H14O4. The average Bonchev–Trinajstić information content (AvgIpc) is 1.83. The van der Waals surface area contributed by atoms with Crippen LogP contribution in [-0.4, -0.2) is 29.1 Å². The number of hydrogen-bond acceptors (Lipinski definition) is 3. The fraction of sp³-hybridized carbons (Fsp3) is 0.857. The van der Waals surface area contributed by atoms with Crippen molar-refractivity contribution in [2.24, 2.45) is 5.41 Å². The van der Waals surface area contributed by atoms with E-state index in [4.69, 9.17) is 5.11 Å². The van der Waals surface area contributed by atoms with Gasteiger partial charge in [-0.25, -0.2) is 4.79 Å². The number of methoxy groups -OCH3 is 1. The zero-order chi connectivity index (χ0) is 9.28. The first kappa shape index (κ1) is 10.4. The molecule has 0 aliphatic rings. The number of rotatable bonds is 2. The molecule has 0 spiro atoms. The second kappa shape index (κ2) is 2.79. The zero-order valence-electron chi connectivity index (χ0n) is 7.21. The molecule has 0 aliphatic carbocycles. The predicted molar refractivity (Wildman–Crippen MR) is 39.0 cm³/mol. The smallest absolute Gasteiger partial charge is 0.364 e. The molecule has 0 aliphatic heterocycles. The molecule has 4 nitrogen and oxygen atoms in total. The summed E-state index contributed by atoms with van der Waals surface area (Å²) in [4.78, 5) is 10.5. The van der Waals surface area contributed by atoms with Crippen molar-refractivity contribution < 1.29 is 19.7 Å². The molecule has 0 aromatic heterocycles. The maximum atomic E-state index is 10.5. The Morgan fingerprint density at radius 2 is 1.73 bits per heavy atom. The number of carboxylic acids is 1. The lowest BCUT2D eigenvalue weighted by Gasteiger charge is -2.34. The zero-order valence-corrected chi connectivity index (χ0v) is 7.21. The van der Waals surface area contributed by atoms with E-state index in [-0.39, 0.29) is 0 Å². The summed E-state index contributed by atoms with van der Waals surface area (Å²) in [5.74, 6) is -3.47.